The molecule has 2 aliphatic heterocycles. The van der Waals surface area contributed by atoms with E-state index in [0.717, 1.165) is 32.6 Å². The number of morpholine rings is 1. The van der Waals surface area contributed by atoms with E-state index in [-0.39, 0.29) is 0 Å². The highest BCUT2D eigenvalue weighted by Crippen LogP contribution is 2.18. The number of rotatable bonds is 4. The molecule has 2 heterocycles. The van der Waals surface area contributed by atoms with Crippen molar-refractivity contribution in [3.63, 3.8) is 0 Å². The van der Waals surface area contributed by atoms with Gasteiger partial charge in [0.2, 0.25) is 0 Å². The summed E-state index contributed by atoms with van der Waals surface area (Å²) in [6, 6.07) is 8.53. The van der Waals surface area contributed by atoms with Crippen molar-refractivity contribution in [3.8, 4) is 0 Å². The third-order valence-electron chi connectivity index (χ3n) is 4.48. The summed E-state index contributed by atoms with van der Waals surface area (Å²) in [7, 11) is 0. The Morgan fingerprint density at radius 2 is 1.96 bits per heavy atom. The summed E-state index contributed by atoms with van der Waals surface area (Å²) in [5, 5.41) is 10.2. The van der Waals surface area contributed by atoms with Crippen molar-refractivity contribution >= 4 is 5.96 Å². The molecule has 0 saturated carbocycles. The van der Waals surface area contributed by atoms with E-state index in [4.69, 9.17) is 10.5 Å². The molecule has 6 heteroatoms. The number of benzene rings is 1. The molecule has 1 fully saturated rings. The first-order chi connectivity index (χ1) is 11.2. The maximum Gasteiger partial charge on any atom is 0.191 e. The lowest BCUT2D eigenvalue weighted by molar-refractivity contribution is 0.0670. The zero-order valence-corrected chi connectivity index (χ0v) is 13.5. The van der Waals surface area contributed by atoms with E-state index in [2.05, 4.69) is 34.2 Å². The van der Waals surface area contributed by atoms with Crippen LogP contribution in [-0.4, -0.2) is 72.9 Å². The molecule has 126 valence electrons. The second kappa shape index (κ2) is 7.77. The van der Waals surface area contributed by atoms with E-state index >= 15 is 0 Å². The van der Waals surface area contributed by atoms with Gasteiger partial charge in [0.1, 0.15) is 0 Å². The summed E-state index contributed by atoms with van der Waals surface area (Å²) in [6.07, 6.45) is 0.557. The van der Waals surface area contributed by atoms with Crippen molar-refractivity contribution in [3.05, 3.63) is 35.4 Å². The predicted octanol–water partition coefficient (Wildman–Crippen LogP) is 0.0525. The fourth-order valence-electron chi connectivity index (χ4n) is 3.16. The van der Waals surface area contributed by atoms with Gasteiger partial charge < -0.3 is 20.5 Å². The van der Waals surface area contributed by atoms with E-state index in [1.807, 2.05) is 4.90 Å². The molecule has 0 aliphatic carbocycles. The van der Waals surface area contributed by atoms with Crippen LogP contribution >= 0.6 is 0 Å². The molecule has 23 heavy (non-hydrogen) atoms. The number of aliphatic hydroxyl groups excluding tert-OH is 1. The maximum absolute atomic E-state index is 10.2. The molecule has 2 aliphatic rings. The van der Waals surface area contributed by atoms with Gasteiger partial charge in [-0.25, -0.2) is 0 Å². The van der Waals surface area contributed by atoms with Crippen LogP contribution in [-0.2, 0) is 17.7 Å². The largest absolute Gasteiger partial charge is 0.390 e. The van der Waals surface area contributed by atoms with E-state index in [1.54, 1.807) is 0 Å². The van der Waals surface area contributed by atoms with Crippen molar-refractivity contribution in [1.82, 2.24) is 9.80 Å². The van der Waals surface area contributed by atoms with E-state index in [9.17, 15) is 5.11 Å². The zero-order valence-electron chi connectivity index (χ0n) is 13.5. The van der Waals surface area contributed by atoms with Gasteiger partial charge in [0.25, 0.3) is 0 Å². The molecule has 3 N–H and O–H groups in total. The highest BCUT2D eigenvalue weighted by atomic mass is 16.5. The highest BCUT2D eigenvalue weighted by molar-refractivity contribution is 5.78. The summed E-state index contributed by atoms with van der Waals surface area (Å²) in [6.45, 7) is 5.78. The van der Waals surface area contributed by atoms with Gasteiger partial charge in [-0.05, 0) is 17.5 Å². The number of β-amino-alcohol motifs (C(OH)–C–C–N with tert-alkyl or cyclic N) is 1. The number of aliphatic hydroxyl groups is 1. The Morgan fingerprint density at radius 1 is 1.22 bits per heavy atom. The lowest BCUT2D eigenvalue weighted by Gasteiger charge is -2.30. The zero-order chi connectivity index (χ0) is 16.1. The number of fused-ring (bicyclic) bond motifs is 1. The number of aliphatic imine (C=N–C) groups is 1. The van der Waals surface area contributed by atoms with Crippen LogP contribution in [0.25, 0.3) is 0 Å². The molecular weight excluding hydrogens is 292 g/mol. The fraction of sp³-hybridized carbons (Fsp3) is 0.588. The summed E-state index contributed by atoms with van der Waals surface area (Å²) in [5.41, 5.74) is 8.78. The smallest absolute Gasteiger partial charge is 0.191 e. The molecule has 1 atom stereocenters. The third-order valence-corrected chi connectivity index (χ3v) is 4.48. The Morgan fingerprint density at radius 3 is 2.74 bits per heavy atom. The van der Waals surface area contributed by atoms with Gasteiger partial charge in [-0.15, -0.1) is 0 Å². The monoisotopic (exact) mass is 318 g/mol. The molecule has 0 spiro atoms. The van der Waals surface area contributed by atoms with Gasteiger partial charge in [0.05, 0.1) is 25.9 Å². The van der Waals surface area contributed by atoms with Crippen LogP contribution in [0.3, 0.4) is 0 Å². The number of nitrogens with two attached hydrogens (primary N) is 1. The number of guanidine groups is 1. The van der Waals surface area contributed by atoms with E-state index in [0.29, 0.717) is 32.3 Å². The number of hydrogen-bond acceptors (Lipinski definition) is 4. The standard InChI is InChI=1S/C17H26N4O2/c18-17(21-7-9-23-10-8-21)19-11-16(22)13-20-6-5-14-3-1-2-4-15(14)12-20/h1-4,16,22H,5-13H2,(H2,18,19). The number of ether oxygens (including phenoxy) is 1. The Bertz CT molecular complexity index is 543. The summed E-state index contributed by atoms with van der Waals surface area (Å²) < 4.78 is 5.30. The molecule has 1 unspecified atom stereocenters. The van der Waals surface area contributed by atoms with Crippen molar-refractivity contribution in [1.29, 1.82) is 0 Å². The minimum absolute atomic E-state index is 0.349. The van der Waals surface area contributed by atoms with Crippen LogP contribution in [0.15, 0.2) is 29.3 Å². The van der Waals surface area contributed by atoms with E-state index in [1.165, 1.54) is 11.1 Å². The Labute approximate surface area is 137 Å². The quantitative estimate of drug-likeness (QED) is 0.606. The van der Waals surface area contributed by atoms with Gasteiger partial charge in [-0.1, -0.05) is 24.3 Å². The van der Waals surface area contributed by atoms with Crippen molar-refractivity contribution in [2.24, 2.45) is 10.7 Å². The average Bonchev–Trinajstić information content (AvgIpc) is 2.60. The van der Waals surface area contributed by atoms with Gasteiger partial charge >= 0.3 is 0 Å². The minimum atomic E-state index is -0.486. The minimum Gasteiger partial charge on any atom is -0.390 e. The van der Waals surface area contributed by atoms with Crippen LogP contribution < -0.4 is 5.73 Å². The van der Waals surface area contributed by atoms with Gasteiger partial charge in [0, 0.05) is 32.7 Å². The van der Waals surface area contributed by atoms with Crippen molar-refractivity contribution in [2.75, 3.05) is 45.9 Å². The molecule has 0 aromatic heterocycles. The third kappa shape index (κ3) is 4.43. The Hall–Kier alpha value is -1.63. The second-order valence-corrected chi connectivity index (χ2v) is 6.21. The van der Waals surface area contributed by atoms with E-state index < -0.39 is 6.10 Å². The summed E-state index contributed by atoms with van der Waals surface area (Å²) in [5.74, 6) is 0.510. The Balaban J connectivity index is 1.47. The van der Waals surface area contributed by atoms with Crippen molar-refractivity contribution < 1.29 is 9.84 Å². The maximum atomic E-state index is 10.2. The van der Waals surface area contributed by atoms with Crippen LogP contribution in [0.2, 0.25) is 0 Å². The first-order valence-electron chi connectivity index (χ1n) is 8.32. The summed E-state index contributed by atoms with van der Waals surface area (Å²) >= 11 is 0. The van der Waals surface area contributed by atoms with Gasteiger partial charge in [0.15, 0.2) is 5.96 Å². The molecule has 3 rings (SSSR count). The summed E-state index contributed by atoms with van der Waals surface area (Å²) in [4.78, 5) is 8.64. The predicted molar refractivity (Wildman–Crippen MR) is 90.3 cm³/mol. The number of nitrogens with zero attached hydrogens (tertiary/aromatic N) is 3. The first kappa shape index (κ1) is 16.2. The van der Waals surface area contributed by atoms with Gasteiger partial charge in [-0.3, -0.25) is 9.89 Å². The Kier molecular flexibility index (Phi) is 5.48. The second-order valence-electron chi connectivity index (χ2n) is 6.21. The SMILES string of the molecule is NC(=NCC(O)CN1CCc2ccccc2C1)N1CCOCC1. The van der Waals surface area contributed by atoms with Crippen molar-refractivity contribution in [2.45, 2.75) is 19.1 Å². The molecule has 0 radical (unpaired) electrons. The normalized spacial score (nSPS) is 21.1. The molecule has 1 aromatic rings. The molecule has 1 aromatic carbocycles. The molecular formula is C17H26N4O2. The van der Waals surface area contributed by atoms with Gasteiger partial charge in [-0.2, -0.15) is 0 Å². The molecule has 0 amide bonds. The average molecular weight is 318 g/mol. The van der Waals surface area contributed by atoms with Crippen LogP contribution in [0, 0.1) is 0 Å². The number of hydrogen-bond donors (Lipinski definition) is 2. The fourth-order valence-corrected chi connectivity index (χ4v) is 3.16. The lowest BCUT2D eigenvalue weighted by Crippen LogP contribution is -2.45. The highest BCUT2D eigenvalue weighted by Gasteiger charge is 2.18. The topological polar surface area (TPSA) is 74.3 Å². The van der Waals surface area contributed by atoms with Crippen LogP contribution in [0.4, 0.5) is 0 Å². The first-order valence-corrected chi connectivity index (χ1v) is 8.32. The molecule has 1 saturated heterocycles. The van der Waals surface area contributed by atoms with Crippen LogP contribution in [0.5, 0.6) is 0 Å². The lowest BCUT2D eigenvalue weighted by atomic mass is 10.00. The molecule has 6 nitrogen and oxygen atoms in total. The van der Waals surface area contributed by atoms with Crippen LogP contribution in [0.1, 0.15) is 11.1 Å². The molecule has 0 bridgehead atoms.